The molecule has 2 aromatic rings. The minimum atomic E-state index is -3.40. The van der Waals surface area contributed by atoms with Gasteiger partial charge in [-0.15, -0.1) is 0 Å². The van der Waals surface area contributed by atoms with Gasteiger partial charge in [-0.1, -0.05) is 0 Å². The molecule has 37 heavy (non-hydrogen) atoms. The van der Waals surface area contributed by atoms with E-state index in [1.807, 2.05) is 18.5 Å². The van der Waals surface area contributed by atoms with Gasteiger partial charge in [0.1, 0.15) is 0 Å². The van der Waals surface area contributed by atoms with E-state index in [4.69, 9.17) is 21.3 Å². The van der Waals surface area contributed by atoms with Gasteiger partial charge in [-0.25, -0.2) is 0 Å². The Bertz CT molecular complexity index is 1260. The third-order valence-electron chi connectivity index (χ3n) is 6.76. The molecule has 0 bridgehead atoms. The molecule has 0 unspecified atom stereocenters. The molecule has 1 aromatic carbocycles. The standard InChI is InChI=1S/C27H36ClFN5O2P/c1-8-23(35)32-14-18(3)33(15-17(32)2)26-20-13-21(28)24(19-11-9-10-12-22(19)29)30-25(20)34(16-27(4,5)6)37(7,36)31-26/h8-13,17-18,36-37H,1,14-16H2,2-7H3/t17-,18+/m1/s1. The molecule has 2 aliphatic rings. The van der Waals surface area contributed by atoms with Crippen LogP contribution >= 0.6 is 19.4 Å². The number of aromatic nitrogens is 1. The minimum absolute atomic E-state index is 0.0734. The van der Waals surface area contributed by atoms with Crippen LogP contribution in [0.3, 0.4) is 0 Å². The number of hydrogen-bond donors (Lipinski definition) is 1. The molecule has 10 heteroatoms. The third kappa shape index (κ3) is 5.38. The SMILES string of the molecule is C=CC(=O)N1C[C@H](C)N(C2=N[PH](C)(O)N(CC(C)(C)C)c3nc(-c4ccccc4F)c(Cl)cc32)C[C@H]1C. The second-order valence-electron chi connectivity index (χ2n) is 11.3. The molecule has 4 rings (SSSR count). The van der Waals surface area contributed by atoms with E-state index >= 15 is 0 Å². The molecule has 0 saturated carbocycles. The number of hydrogen-bond acceptors (Lipinski definition) is 6. The maximum atomic E-state index is 14.8. The Morgan fingerprint density at radius 2 is 1.92 bits per heavy atom. The van der Waals surface area contributed by atoms with Crippen molar-refractivity contribution in [1.29, 1.82) is 0 Å². The number of benzene rings is 1. The third-order valence-corrected chi connectivity index (χ3v) is 9.07. The monoisotopic (exact) mass is 547 g/mol. The van der Waals surface area contributed by atoms with Crippen LogP contribution in [0.5, 0.6) is 0 Å². The molecular weight excluding hydrogens is 512 g/mol. The summed E-state index contributed by atoms with van der Waals surface area (Å²) in [4.78, 5) is 33.0. The first-order valence-corrected chi connectivity index (χ1v) is 15.2. The number of fused-ring (bicyclic) bond motifs is 1. The van der Waals surface area contributed by atoms with Gasteiger partial charge in [-0.2, -0.15) is 0 Å². The van der Waals surface area contributed by atoms with Crippen molar-refractivity contribution < 1.29 is 14.1 Å². The van der Waals surface area contributed by atoms with Gasteiger partial charge < -0.3 is 0 Å². The molecule has 1 amide bonds. The molecule has 7 nitrogen and oxygen atoms in total. The van der Waals surface area contributed by atoms with Crippen molar-refractivity contribution >= 4 is 37.0 Å². The van der Waals surface area contributed by atoms with Crippen LogP contribution in [0.25, 0.3) is 11.3 Å². The number of amidine groups is 1. The summed E-state index contributed by atoms with van der Waals surface area (Å²) >= 11 is 6.74. The first-order valence-electron chi connectivity index (χ1n) is 12.5. The van der Waals surface area contributed by atoms with Crippen LogP contribution in [0.15, 0.2) is 47.7 Å². The van der Waals surface area contributed by atoms with Crippen molar-refractivity contribution in [1.82, 2.24) is 14.8 Å². The number of rotatable bonds is 3. The Morgan fingerprint density at radius 1 is 1.24 bits per heavy atom. The molecule has 0 spiro atoms. The maximum absolute atomic E-state index is 14.8. The molecule has 0 aliphatic carbocycles. The molecule has 1 N–H and O–H groups in total. The van der Waals surface area contributed by atoms with E-state index < -0.39 is 13.6 Å². The summed E-state index contributed by atoms with van der Waals surface area (Å²) in [6.45, 7) is 17.2. The van der Waals surface area contributed by atoms with Crippen molar-refractivity contribution in [3.8, 4) is 11.3 Å². The zero-order valence-electron chi connectivity index (χ0n) is 22.3. The molecular formula is C27H36ClFN5O2P. The zero-order chi connectivity index (χ0) is 27.3. The summed E-state index contributed by atoms with van der Waals surface area (Å²) in [5, 5.41) is 0.302. The van der Waals surface area contributed by atoms with Crippen LogP contribution in [-0.4, -0.2) is 69.8 Å². The second-order valence-corrected chi connectivity index (χ2v) is 14.4. The fraction of sp³-hybridized carbons (Fsp3) is 0.444. The predicted octanol–water partition coefficient (Wildman–Crippen LogP) is 5.38. The topological polar surface area (TPSA) is 72.3 Å². The number of anilines is 1. The van der Waals surface area contributed by atoms with Crippen molar-refractivity contribution in [2.24, 2.45) is 10.2 Å². The fourth-order valence-corrected chi connectivity index (χ4v) is 7.35. The van der Waals surface area contributed by atoms with E-state index in [1.165, 1.54) is 12.1 Å². The molecule has 200 valence electrons. The van der Waals surface area contributed by atoms with Gasteiger partial charge >= 0.3 is 224 Å². The molecule has 1 saturated heterocycles. The summed E-state index contributed by atoms with van der Waals surface area (Å²) in [5.74, 6) is 0.625. The predicted molar refractivity (Wildman–Crippen MR) is 152 cm³/mol. The van der Waals surface area contributed by atoms with E-state index in [-0.39, 0.29) is 23.4 Å². The van der Waals surface area contributed by atoms with Crippen molar-refractivity contribution in [3.05, 3.63) is 59.4 Å². The van der Waals surface area contributed by atoms with Crippen LogP contribution in [0.4, 0.5) is 10.2 Å². The normalized spacial score (nSPS) is 22.3. The number of piperazine rings is 1. The molecule has 3 heterocycles. The second kappa shape index (κ2) is 9.97. The van der Waals surface area contributed by atoms with Gasteiger partial charge in [-0.05, 0) is 0 Å². The molecule has 0 radical (unpaired) electrons. The summed E-state index contributed by atoms with van der Waals surface area (Å²) in [7, 11) is -3.40. The summed E-state index contributed by atoms with van der Waals surface area (Å²) in [6.07, 6.45) is 1.34. The summed E-state index contributed by atoms with van der Waals surface area (Å²) in [6, 6.07) is 8.01. The Morgan fingerprint density at radius 3 is 2.54 bits per heavy atom. The first-order chi connectivity index (χ1) is 17.2. The van der Waals surface area contributed by atoms with Crippen LogP contribution in [0, 0.1) is 11.2 Å². The van der Waals surface area contributed by atoms with Gasteiger partial charge in [0.25, 0.3) is 0 Å². The first kappa shape index (κ1) is 27.5. The number of amides is 1. The van der Waals surface area contributed by atoms with Gasteiger partial charge in [0, 0.05) is 0 Å². The van der Waals surface area contributed by atoms with Gasteiger partial charge in [0.15, 0.2) is 0 Å². The van der Waals surface area contributed by atoms with E-state index in [0.717, 1.165) is 0 Å². The van der Waals surface area contributed by atoms with E-state index in [0.29, 0.717) is 53.1 Å². The Hall–Kier alpha value is -2.54. The molecule has 1 fully saturated rings. The number of nitrogens with zero attached hydrogens (tertiary/aromatic N) is 5. The zero-order valence-corrected chi connectivity index (χ0v) is 24.1. The number of pyridine rings is 1. The fourth-order valence-electron chi connectivity index (χ4n) is 4.98. The van der Waals surface area contributed by atoms with E-state index in [9.17, 15) is 14.1 Å². The van der Waals surface area contributed by atoms with Crippen LogP contribution in [0.2, 0.25) is 5.02 Å². The van der Waals surface area contributed by atoms with Crippen LogP contribution in [-0.2, 0) is 4.79 Å². The Balaban J connectivity index is 1.87. The van der Waals surface area contributed by atoms with Crippen LogP contribution < -0.4 is 4.67 Å². The molecule has 1 aromatic heterocycles. The van der Waals surface area contributed by atoms with Gasteiger partial charge in [0.2, 0.25) is 0 Å². The van der Waals surface area contributed by atoms with E-state index in [1.54, 1.807) is 35.8 Å². The van der Waals surface area contributed by atoms with E-state index in [2.05, 4.69) is 32.3 Å². The van der Waals surface area contributed by atoms with Crippen molar-refractivity contribution in [2.75, 3.05) is 31.0 Å². The summed E-state index contributed by atoms with van der Waals surface area (Å²) in [5.41, 5.74) is 1.15. The average molecular weight is 548 g/mol. The molecule has 2 aliphatic heterocycles. The van der Waals surface area contributed by atoms with Crippen LogP contribution in [0.1, 0.15) is 40.2 Å². The molecule has 2 atom stereocenters. The summed E-state index contributed by atoms with van der Waals surface area (Å²) < 4.78 is 21.6. The van der Waals surface area contributed by atoms with Gasteiger partial charge in [0.05, 0.1) is 0 Å². The Kier molecular flexibility index (Phi) is 7.41. The number of halogens is 2. The van der Waals surface area contributed by atoms with Crippen molar-refractivity contribution in [2.45, 2.75) is 46.7 Å². The van der Waals surface area contributed by atoms with Crippen molar-refractivity contribution in [3.63, 3.8) is 0 Å². The number of carbonyl (C=O) groups is 1. The Labute approximate surface area is 224 Å². The number of carbonyl (C=O) groups excluding carboxylic acids is 1. The van der Waals surface area contributed by atoms with Gasteiger partial charge in [-0.3, -0.25) is 0 Å². The average Bonchev–Trinajstić information content (AvgIpc) is 2.81. The quantitative estimate of drug-likeness (QED) is 0.413.